The fraction of sp³-hybridized carbons (Fsp3) is 0.548. The summed E-state index contributed by atoms with van der Waals surface area (Å²) in [6.07, 6.45) is 14.7. The molecule has 0 amide bonds. The number of nitrogens with one attached hydrogen (secondary N) is 1. The molecule has 0 spiro atoms. The molecule has 80 heavy (non-hydrogen) atoms. The van der Waals surface area contributed by atoms with Gasteiger partial charge in [0.1, 0.15) is 19.7 Å². The Bertz CT molecular complexity index is 4260. The number of fused-ring (bicyclic) bond motifs is 4. The third-order valence-corrected chi connectivity index (χ3v) is 88.9. The van der Waals surface area contributed by atoms with Crippen LogP contribution in [0.2, 0.25) is 19.6 Å². The topological polar surface area (TPSA) is 81.7 Å². The van der Waals surface area contributed by atoms with E-state index in [0.717, 1.165) is 48.7 Å². The standard InChI is InChI=1S/C16H23N3Si.C14H17N3O2S.CH4.ClH.S38/c1-20(2,3)9-8-13-4-7-16(17-10-13)19-11-14-5-6-15(12-19)18-14;1-3-11-4-7-14(15-8-11)16-9-12-5-6-13(10-16)17(12)20(2,18)19;;;1-3-5-7-9-11-13-15-17-19-21-23-25-27-29-31-33-35-37-38-36-34-32-30-28-26-24-22-20-18-16-14-12-10-8-6-4-2/h4,7,10,14-15,18H,5-6,11-12H2,1-3H3;1,4,7-8,12-13H,5-6,9-10H2,2H3;1H4;1H;. The number of pyridine rings is 2. The second-order valence-corrected chi connectivity index (χ2v) is 85.2. The number of nitrogens with zero attached hydrogens (tertiary/aromatic N) is 5. The van der Waals surface area contributed by atoms with Crippen LogP contribution in [0.25, 0.3) is 0 Å². The molecule has 4 saturated heterocycles. The maximum absolute atomic E-state index is 11.8. The third kappa shape index (κ3) is 39.3. The molecule has 0 aromatic carbocycles. The first-order valence-electron chi connectivity index (χ1n) is 20.3. The van der Waals surface area contributed by atoms with Gasteiger partial charge in [-0.05, 0) is 49.9 Å². The number of halogens is 1. The molecule has 456 valence electrons. The Hall–Kier alpha value is 5.76. The lowest BCUT2D eigenvalue weighted by Crippen LogP contribution is -2.55. The lowest BCUT2D eigenvalue weighted by Gasteiger charge is -2.40. The molecular weight excluding hydrogens is 1800 g/mol. The van der Waals surface area contributed by atoms with Crippen molar-refractivity contribution in [3.8, 4) is 23.8 Å². The highest BCUT2D eigenvalue weighted by Gasteiger charge is 2.45. The number of hydrogen-bond donors (Lipinski definition) is 1. The number of anilines is 2. The summed E-state index contributed by atoms with van der Waals surface area (Å²) in [6.45, 7) is 10.4. The molecule has 0 aliphatic carbocycles. The molecule has 4 bridgehead atoms. The van der Waals surface area contributed by atoms with Crippen LogP contribution in [-0.4, -0.2) is 87.4 Å². The van der Waals surface area contributed by atoms with Crippen molar-refractivity contribution in [1.82, 2.24) is 19.6 Å². The number of hydrogen-bond acceptors (Lipinski definition) is 9. The van der Waals surface area contributed by atoms with Gasteiger partial charge in [0.25, 0.3) is 0 Å². The van der Waals surface area contributed by atoms with Crippen LogP contribution >= 0.6 is 12.4 Å². The predicted octanol–water partition coefficient (Wildman–Crippen LogP) is 3.89. The Morgan fingerprint density at radius 1 is 0.512 bits per heavy atom. The summed E-state index contributed by atoms with van der Waals surface area (Å²) in [4.78, 5) is 13.6. The Balaban J connectivity index is 0.000000436. The molecule has 2 aromatic rings. The van der Waals surface area contributed by atoms with E-state index in [1.165, 1.54) is 36.9 Å². The quantitative estimate of drug-likeness (QED) is 0.364. The SMILES string of the molecule is C.C#Cc1ccc(N2CC3CCC(C2)N3S(C)(=O)=O)nc1.C[Si](C)(C)C#Cc1ccc(N2CC3CCC(C2)N3)nc1.Cl.S=S=S=S=S=S=S=S=S=S=S=S=S=S=S=S=S=S=S=S=S=S=S=S=S=S=S=S=S=S=S=S=S=S=S=S=S=S. The lowest BCUT2D eigenvalue weighted by molar-refractivity contribution is 0.287. The molecule has 0 saturated carbocycles. The summed E-state index contributed by atoms with van der Waals surface area (Å²) < 4.78 is 25.4. The summed E-state index contributed by atoms with van der Waals surface area (Å²) >= 11 is 9.60. The molecule has 6 heterocycles. The van der Waals surface area contributed by atoms with Crippen LogP contribution in [0.4, 0.5) is 11.6 Å². The Kier molecular flexibility index (Phi) is 53.4. The molecule has 4 fully saturated rings. The predicted molar refractivity (Wildman–Crippen MR) is 458 cm³/mol. The Labute approximate surface area is 590 Å². The molecule has 8 nitrogen and oxygen atoms in total. The van der Waals surface area contributed by atoms with E-state index < -0.39 is 18.1 Å². The van der Waals surface area contributed by atoms with Crippen LogP contribution in [0.5, 0.6) is 0 Å². The average Bonchev–Trinajstić information content (AvgIpc) is 4.10. The highest BCUT2D eigenvalue weighted by atomic mass is 35.5. The first kappa shape index (κ1) is 81.8. The van der Waals surface area contributed by atoms with E-state index in [9.17, 15) is 8.42 Å². The van der Waals surface area contributed by atoms with Gasteiger partial charge >= 0.3 is 0 Å². The first-order chi connectivity index (χ1) is 37.9. The third-order valence-electron chi connectivity index (χ3n) is 8.88. The minimum atomic E-state index is -3.12. The van der Waals surface area contributed by atoms with Crippen molar-refractivity contribution in [2.45, 2.75) is 76.9 Å². The van der Waals surface area contributed by atoms with Gasteiger partial charge in [-0.2, -0.15) is 4.31 Å². The Morgan fingerprint density at radius 3 is 1.07 bits per heavy atom. The summed E-state index contributed by atoms with van der Waals surface area (Å²) in [6, 6.07) is 9.45. The minimum absolute atomic E-state index is 0. The Morgan fingerprint density at radius 2 is 0.812 bits per heavy atom. The van der Waals surface area contributed by atoms with Crippen LogP contribution in [0.1, 0.15) is 44.2 Å². The summed E-state index contributed by atoms with van der Waals surface area (Å²) in [7, 11) is 59.3. The van der Waals surface area contributed by atoms with E-state index in [0.29, 0.717) is 25.2 Å². The number of sulfonamides is 1. The smallest absolute Gasteiger partial charge is 0.211 e. The molecule has 49 heteroatoms. The summed E-state index contributed by atoms with van der Waals surface area (Å²) in [5.74, 6) is 7.78. The summed E-state index contributed by atoms with van der Waals surface area (Å²) in [5.41, 5.74) is 5.18. The normalized spacial score (nSPS) is 16.6. The molecule has 4 atom stereocenters. The van der Waals surface area contributed by atoms with Crippen molar-refractivity contribution in [2.75, 3.05) is 42.2 Å². The first-order valence-corrected chi connectivity index (χ1v) is 75.0. The molecule has 4 aliphatic rings. The van der Waals surface area contributed by atoms with Crippen LogP contribution in [0.15, 0.2) is 36.7 Å². The summed E-state index contributed by atoms with van der Waals surface area (Å²) in [5, 5.41) is 3.65. The lowest BCUT2D eigenvalue weighted by atomic mass is 10.2. The second kappa shape index (κ2) is 52.2. The van der Waals surface area contributed by atoms with Gasteiger partial charge in [0, 0.05) is 416 Å². The van der Waals surface area contributed by atoms with E-state index in [4.69, 9.17) is 28.8 Å². The van der Waals surface area contributed by atoms with Gasteiger partial charge in [0.05, 0.1) is 6.26 Å². The van der Waals surface area contributed by atoms with Crippen molar-refractivity contribution in [3.05, 3.63) is 47.8 Å². The fourth-order valence-corrected chi connectivity index (χ4v) is 102. The highest BCUT2D eigenvalue weighted by Crippen LogP contribution is 2.34. The average molecular weight is 1850 g/mol. The van der Waals surface area contributed by atoms with Gasteiger partial charge in [-0.15, -0.1) is 24.4 Å². The molecule has 4 aliphatic heterocycles. The van der Waals surface area contributed by atoms with Crippen molar-refractivity contribution < 1.29 is 8.42 Å². The molecule has 1 N–H and O–H groups in total. The van der Waals surface area contributed by atoms with Gasteiger partial charge in [-0.1, -0.05) is 38.9 Å². The van der Waals surface area contributed by atoms with E-state index in [-0.39, 0.29) is 31.9 Å². The van der Waals surface area contributed by atoms with E-state index in [1.807, 2.05) is 214 Å². The van der Waals surface area contributed by atoms with Crippen LogP contribution in [0.3, 0.4) is 0 Å². The van der Waals surface area contributed by atoms with Crippen LogP contribution in [-0.2, 0) is 352 Å². The number of aromatic nitrogens is 2. The maximum atomic E-state index is 11.8. The van der Waals surface area contributed by atoms with Gasteiger partial charge in [-0.3, -0.25) is 0 Å². The van der Waals surface area contributed by atoms with Crippen LogP contribution in [0, 0.1) is 23.8 Å². The van der Waals surface area contributed by atoms with Crippen molar-refractivity contribution in [3.63, 3.8) is 0 Å². The molecule has 2 aromatic heterocycles. The minimum Gasteiger partial charge on any atom is -0.353 e. The molecule has 0 radical (unpaired) electrons. The van der Waals surface area contributed by atoms with E-state index in [2.05, 4.69) is 74.2 Å². The molecule has 6 rings (SSSR count). The van der Waals surface area contributed by atoms with Gasteiger partial charge in [-0.25, -0.2) is 18.4 Å². The van der Waals surface area contributed by atoms with Crippen LogP contribution < -0.4 is 15.1 Å². The zero-order valence-electron chi connectivity index (χ0n) is 39.9. The largest absolute Gasteiger partial charge is 0.353 e. The maximum Gasteiger partial charge on any atom is 0.211 e. The van der Waals surface area contributed by atoms with Gasteiger partial charge < -0.3 is 15.1 Å². The fourth-order valence-electron chi connectivity index (χ4n) is 6.53. The van der Waals surface area contributed by atoms with Crippen molar-refractivity contribution in [2.24, 2.45) is 0 Å². The highest BCUT2D eigenvalue weighted by molar-refractivity contribution is 8.81. The monoisotopic (exact) mass is 1840 g/mol. The van der Waals surface area contributed by atoms with Gasteiger partial charge in [0.15, 0.2) is 0 Å². The molecular formula is C31H45ClN6O2S39Si. The number of terminal acetylenes is 1. The van der Waals surface area contributed by atoms with E-state index >= 15 is 0 Å². The van der Waals surface area contributed by atoms with E-state index in [1.54, 1.807) is 117 Å². The zero-order chi connectivity index (χ0) is 55.9. The van der Waals surface area contributed by atoms with Gasteiger partial charge in [0.2, 0.25) is 10.0 Å². The zero-order valence-corrected chi connectivity index (χ0v) is 73.6. The van der Waals surface area contributed by atoms with Crippen molar-refractivity contribution >= 4 is 384 Å². The second-order valence-electron chi connectivity index (χ2n) is 14.8. The molecule has 4 unspecified atom stereocenters. The number of rotatable bonds is 3. The number of piperazine rings is 2. The van der Waals surface area contributed by atoms with Crippen molar-refractivity contribution in [1.29, 1.82) is 0 Å².